The fraction of sp³-hybridized carbons (Fsp3) is 0.375. The summed E-state index contributed by atoms with van der Waals surface area (Å²) in [4.78, 5) is 23.5. The van der Waals surface area contributed by atoms with Crippen LogP contribution in [0.25, 0.3) is 0 Å². The summed E-state index contributed by atoms with van der Waals surface area (Å²) < 4.78 is 0. The second-order valence-corrected chi connectivity index (χ2v) is 5.37. The summed E-state index contributed by atoms with van der Waals surface area (Å²) >= 11 is 0. The van der Waals surface area contributed by atoms with Crippen LogP contribution in [0.5, 0.6) is 0 Å². The number of imide groups is 1. The highest BCUT2D eigenvalue weighted by Crippen LogP contribution is 2.15. The van der Waals surface area contributed by atoms with Crippen molar-refractivity contribution in [2.24, 2.45) is 5.73 Å². The van der Waals surface area contributed by atoms with E-state index in [1.807, 2.05) is 6.07 Å². The van der Waals surface area contributed by atoms with Gasteiger partial charge in [0.05, 0.1) is 18.2 Å². The van der Waals surface area contributed by atoms with Gasteiger partial charge in [-0.05, 0) is 25.8 Å². The van der Waals surface area contributed by atoms with E-state index in [1.165, 1.54) is 0 Å². The van der Waals surface area contributed by atoms with Gasteiger partial charge in [-0.2, -0.15) is 0 Å². The number of nitrogens with two attached hydrogens (primary N) is 1. The number of hydrogen-bond acceptors (Lipinski definition) is 4. The Balaban J connectivity index is 2.50. The quantitative estimate of drug-likeness (QED) is 0.593. The molecule has 0 saturated carbocycles. The maximum Gasteiger partial charge on any atom is 0.321 e. The van der Waals surface area contributed by atoms with Gasteiger partial charge in [-0.15, -0.1) is 6.58 Å². The van der Waals surface area contributed by atoms with Gasteiger partial charge in [-0.1, -0.05) is 35.9 Å². The summed E-state index contributed by atoms with van der Waals surface area (Å²) in [5.41, 5.74) is 7.09. The molecule has 1 aromatic rings. The van der Waals surface area contributed by atoms with Gasteiger partial charge in [0.2, 0.25) is 5.91 Å². The Morgan fingerprint density at radius 1 is 1.32 bits per heavy atom. The Labute approximate surface area is 130 Å². The Morgan fingerprint density at radius 2 is 1.91 bits per heavy atom. The van der Waals surface area contributed by atoms with Crippen molar-refractivity contribution < 1.29 is 14.7 Å². The lowest BCUT2D eigenvalue weighted by Crippen LogP contribution is -2.50. The van der Waals surface area contributed by atoms with Gasteiger partial charge < -0.3 is 16.2 Å². The lowest BCUT2D eigenvalue weighted by atomic mass is 10.0. The molecule has 120 valence electrons. The van der Waals surface area contributed by atoms with Crippen molar-refractivity contribution in [3.05, 3.63) is 48.0 Å². The topological polar surface area (TPSA) is 104 Å². The molecule has 0 saturated heterocycles. The molecule has 0 heterocycles. The minimum Gasteiger partial charge on any atom is -0.386 e. The molecule has 0 radical (unpaired) electrons. The van der Waals surface area contributed by atoms with Crippen LogP contribution in [0.2, 0.25) is 0 Å². The van der Waals surface area contributed by atoms with Crippen LogP contribution in [0.3, 0.4) is 0 Å². The first kappa shape index (κ1) is 17.9. The van der Waals surface area contributed by atoms with E-state index in [9.17, 15) is 14.7 Å². The first-order valence-corrected chi connectivity index (χ1v) is 7.05. The van der Waals surface area contributed by atoms with Gasteiger partial charge in [-0.25, -0.2) is 4.79 Å². The Kier molecular flexibility index (Phi) is 6.75. The molecule has 1 aromatic carbocycles. The maximum absolute atomic E-state index is 11.8. The molecular formula is C16H23N3O3. The lowest BCUT2D eigenvalue weighted by molar-refractivity contribution is -0.121. The van der Waals surface area contributed by atoms with Crippen molar-refractivity contribution in [3.8, 4) is 0 Å². The minimum absolute atomic E-state index is 0.307. The predicted molar refractivity (Wildman–Crippen MR) is 84.9 cm³/mol. The molecule has 1 rings (SSSR count). The summed E-state index contributed by atoms with van der Waals surface area (Å²) in [6.45, 7) is 7.07. The van der Waals surface area contributed by atoms with Gasteiger partial charge in [0.15, 0.2) is 0 Å². The molecule has 6 nitrogen and oxygen atoms in total. The number of nitrogens with one attached hydrogen (secondary N) is 2. The Hall–Kier alpha value is -2.18. The molecule has 6 heteroatoms. The molecule has 3 atom stereocenters. The number of aliphatic hydroxyl groups is 1. The summed E-state index contributed by atoms with van der Waals surface area (Å²) in [7, 11) is 0. The number of carbonyl (C=O) groups is 2. The number of amides is 3. The van der Waals surface area contributed by atoms with Gasteiger partial charge in [0, 0.05) is 0 Å². The monoisotopic (exact) mass is 305 g/mol. The zero-order valence-electron chi connectivity index (χ0n) is 12.9. The fourth-order valence-corrected chi connectivity index (χ4v) is 1.93. The Bertz CT molecular complexity index is 531. The van der Waals surface area contributed by atoms with Crippen LogP contribution >= 0.6 is 0 Å². The predicted octanol–water partition coefficient (Wildman–Crippen LogP) is 1.23. The van der Waals surface area contributed by atoms with Crippen molar-refractivity contribution >= 4 is 11.9 Å². The number of aliphatic hydroxyl groups excluding tert-OH is 1. The number of urea groups is 1. The SMILES string of the molecule is C=C(C)C[C@H](N)C(=O)NC(=O)N[C@@H](C)[C@@H](O)c1ccccc1. The molecule has 22 heavy (non-hydrogen) atoms. The van der Waals surface area contributed by atoms with Crippen molar-refractivity contribution in [2.45, 2.75) is 38.5 Å². The summed E-state index contributed by atoms with van der Waals surface area (Å²) in [5.74, 6) is -0.582. The molecule has 0 aliphatic rings. The number of rotatable bonds is 6. The van der Waals surface area contributed by atoms with Crippen LogP contribution in [0.4, 0.5) is 4.79 Å². The highest BCUT2D eigenvalue weighted by molar-refractivity contribution is 5.97. The number of carbonyl (C=O) groups excluding carboxylic acids is 2. The van der Waals surface area contributed by atoms with Crippen molar-refractivity contribution in [1.29, 1.82) is 0 Å². The van der Waals surface area contributed by atoms with E-state index in [0.29, 0.717) is 12.0 Å². The Morgan fingerprint density at radius 3 is 2.45 bits per heavy atom. The minimum atomic E-state index is -0.869. The molecule has 0 aromatic heterocycles. The van der Waals surface area contributed by atoms with E-state index in [2.05, 4.69) is 17.2 Å². The largest absolute Gasteiger partial charge is 0.386 e. The van der Waals surface area contributed by atoms with Crippen molar-refractivity contribution in [3.63, 3.8) is 0 Å². The lowest BCUT2D eigenvalue weighted by Gasteiger charge is -2.21. The molecule has 0 spiro atoms. The van der Waals surface area contributed by atoms with Crippen LogP contribution in [-0.2, 0) is 4.79 Å². The first-order valence-electron chi connectivity index (χ1n) is 7.05. The van der Waals surface area contributed by atoms with Crippen LogP contribution in [0.15, 0.2) is 42.5 Å². The molecule has 0 aliphatic heterocycles. The van der Waals surface area contributed by atoms with Gasteiger partial charge in [-0.3, -0.25) is 10.1 Å². The second kappa shape index (κ2) is 8.31. The third-order valence-electron chi connectivity index (χ3n) is 3.12. The average Bonchev–Trinajstić information content (AvgIpc) is 2.46. The third-order valence-corrected chi connectivity index (χ3v) is 3.12. The van der Waals surface area contributed by atoms with E-state index >= 15 is 0 Å². The zero-order chi connectivity index (χ0) is 16.7. The highest BCUT2D eigenvalue weighted by atomic mass is 16.3. The number of hydrogen-bond donors (Lipinski definition) is 4. The van der Waals surface area contributed by atoms with Crippen LogP contribution in [0, 0.1) is 0 Å². The van der Waals surface area contributed by atoms with E-state index in [-0.39, 0.29) is 0 Å². The summed E-state index contributed by atoms with van der Waals surface area (Å²) in [6.07, 6.45) is -0.562. The second-order valence-electron chi connectivity index (χ2n) is 5.37. The first-order chi connectivity index (χ1) is 10.3. The zero-order valence-corrected chi connectivity index (χ0v) is 12.9. The average molecular weight is 305 g/mol. The molecule has 0 bridgehead atoms. The molecule has 0 aliphatic carbocycles. The number of benzene rings is 1. The molecule has 3 amide bonds. The van der Waals surface area contributed by atoms with Crippen LogP contribution < -0.4 is 16.4 Å². The summed E-state index contributed by atoms with van der Waals surface area (Å²) in [5, 5.41) is 14.8. The van der Waals surface area contributed by atoms with E-state index in [1.54, 1.807) is 38.1 Å². The van der Waals surface area contributed by atoms with E-state index < -0.39 is 30.1 Å². The highest BCUT2D eigenvalue weighted by Gasteiger charge is 2.21. The molecule has 0 unspecified atom stereocenters. The van der Waals surface area contributed by atoms with Crippen molar-refractivity contribution in [1.82, 2.24) is 10.6 Å². The fourth-order valence-electron chi connectivity index (χ4n) is 1.93. The third kappa shape index (κ3) is 5.67. The van der Waals surface area contributed by atoms with Crippen molar-refractivity contribution in [2.75, 3.05) is 0 Å². The normalized spacial score (nSPS) is 14.5. The maximum atomic E-state index is 11.8. The molecular weight excluding hydrogens is 282 g/mol. The molecule has 5 N–H and O–H groups in total. The van der Waals surface area contributed by atoms with Gasteiger partial charge in [0.1, 0.15) is 0 Å². The summed E-state index contributed by atoms with van der Waals surface area (Å²) in [6, 6.07) is 6.87. The molecule has 0 fully saturated rings. The smallest absolute Gasteiger partial charge is 0.321 e. The van der Waals surface area contributed by atoms with Gasteiger partial charge >= 0.3 is 6.03 Å². The van der Waals surface area contributed by atoms with Gasteiger partial charge in [0.25, 0.3) is 0 Å². The van der Waals surface area contributed by atoms with E-state index in [4.69, 9.17) is 5.73 Å². The van der Waals surface area contributed by atoms with Crippen LogP contribution in [0.1, 0.15) is 31.9 Å². The van der Waals surface area contributed by atoms with Crippen LogP contribution in [-0.4, -0.2) is 29.1 Å². The van der Waals surface area contributed by atoms with E-state index in [0.717, 1.165) is 5.57 Å². The standard InChI is InChI=1S/C16H23N3O3/c1-10(2)9-13(17)15(21)19-16(22)18-11(3)14(20)12-7-5-4-6-8-12/h4-8,11,13-14,20H,1,9,17H2,2-3H3,(H2,18,19,21,22)/t11-,13-,14+/m0/s1.